The molecule has 0 radical (unpaired) electrons. The summed E-state index contributed by atoms with van der Waals surface area (Å²) in [6, 6.07) is 0. The number of hydrogen-bond acceptors (Lipinski definition) is 3. The van der Waals surface area contributed by atoms with E-state index < -0.39 is 0 Å². The van der Waals surface area contributed by atoms with Gasteiger partial charge in [0.1, 0.15) is 0 Å². The molecule has 17 heavy (non-hydrogen) atoms. The summed E-state index contributed by atoms with van der Waals surface area (Å²) in [6.07, 6.45) is 7.62. The van der Waals surface area contributed by atoms with Gasteiger partial charge in [-0.3, -0.25) is 4.90 Å². The lowest BCUT2D eigenvalue weighted by atomic mass is 9.78. The summed E-state index contributed by atoms with van der Waals surface area (Å²) in [5.41, 5.74) is 6.32. The first kappa shape index (κ1) is 14.9. The van der Waals surface area contributed by atoms with Gasteiger partial charge in [0.2, 0.25) is 0 Å². The highest BCUT2D eigenvalue weighted by Crippen LogP contribution is 2.34. The Hall–Kier alpha value is -0.120. The fraction of sp³-hybridized carbons (Fsp3) is 1.00. The van der Waals surface area contributed by atoms with Crippen molar-refractivity contribution in [3.05, 3.63) is 0 Å². The first-order chi connectivity index (χ1) is 8.22. The first-order valence-electron chi connectivity index (χ1n) is 7.20. The highest BCUT2D eigenvalue weighted by molar-refractivity contribution is 4.97. The summed E-state index contributed by atoms with van der Waals surface area (Å²) in [6.45, 7) is 7.61. The minimum absolute atomic E-state index is 0.199. The fourth-order valence-electron chi connectivity index (χ4n) is 3.22. The minimum atomic E-state index is 0.199. The molecule has 0 saturated heterocycles. The van der Waals surface area contributed by atoms with Crippen molar-refractivity contribution in [2.45, 2.75) is 64.0 Å². The second-order valence-electron chi connectivity index (χ2n) is 5.37. The number of methoxy groups -OCH3 is 1. The van der Waals surface area contributed by atoms with Crippen molar-refractivity contribution < 1.29 is 4.74 Å². The van der Waals surface area contributed by atoms with Gasteiger partial charge in [0.05, 0.1) is 6.10 Å². The fourth-order valence-corrected chi connectivity index (χ4v) is 3.22. The number of ether oxygens (including phenoxy) is 1. The molecule has 3 nitrogen and oxygen atoms in total. The lowest BCUT2D eigenvalue weighted by molar-refractivity contribution is -0.0222. The predicted octanol–water partition coefficient (Wildman–Crippen LogP) is 2.39. The van der Waals surface area contributed by atoms with Gasteiger partial charge < -0.3 is 10.5 Å². The molecular formula is C14H30N2O. The maximum absolute atomic E-state index is 6.12. The molecule has 1 aliphatic rings. The van der Waals surface area contributed by atoms with Crippen LogP contribution in [0.15, 0.2) is 0 Å². The van der Waals surface area contributed by atoms with Crippen LogP contribution < -0.4 is 5.73 Å². The molecule has 0 aromatic carbocycles. The maximum Gasteiger partial charge on any atom is 0.0589 e. The Balaban J connectivity index is 2.75. The van der Waals surface area contributed by atoms with Crippen LogP contribution in [-0.4, -0.2) is 43.3 Å². The maximum atomic E-state index is 6.12. The third kappa shape index (κ3) is 3.67. The average Bonchev–Trinajstić information content (AvgIpc) is 2.38. The summed E-state index contributed by atoms with van der Waals surface area (Å²) in [7, 11) is 1.83. The van der Waals surface area contributed by atoms with E-state index in [1.165, 1.54) is 45.2 Å². The lowest BCUT2D eigenvalue weighted by Crippen LogP contribution is -2.57. The van der Waals surface area contributed by atoms with Crippen LogP contribution in [0.2, 0.25) is 0 Å². The van der Waals surface area contributed by atoms with Gasteiger partial charge in [0.25, 0.3) is 0 Å². The molecule has 102 valence electrons. The molecule has 3 heteroatoms. The molecule has 0 spiro atoms. The Morgan fingerprint density at radius 3 is 2.41 bits per heavy atom. The molecule has 1 rings (SSSR count). The Labute approximate surface area is 107 Å². The van der Waals surface area contributed by atoms with Crippen LogP contribution in [0.4, 0.5) is 0 Å². The van der Waals surface area contributed by atoms with Gasteiger partial charge in [-0.05, 0) is 51.6 Å². The SMILES string of the molecule is CCCN(CCC)C1(CN)CCCC(OC)C1. The summed E-state index contributed by atoms with van der Waals surface area (Å²) in [4.78, 5) is 2.62. The van der Waals surface area contributed by atoms with Gasteiger partial charge in [-0.2, -0.15) is 0 Å². The molecule has 0 aromatic heterocycles. The summed E-state index contributed by atoms with van der Waals surface area (Å²) < 4.78 is 5.57. The van der Waals surface area contributed by atoms with E-state index in [1.54, 1.807) is 0 Å². The lowest BCUT2D eigenvalue weighted by Gasteiger charge is -2.48. The Bertz CT molecular complexity index is 204. The van der Waals surface area contributed by atoms with Crippen molar-refractivity contribution in [3.8, 4) is 0 Å². The number of nitrogens with two attached hydrogens (primary N) is 1. The van der Waals surface area contributed by atoms with Crippen molar-refractivity contribution in [2.24, 2.45) is 5.73 Å². The molecular weight excluding hydrogens is 212 g/mol. The number of rotatable bonds is 7. The normalized spacial score (nSPS) is 29.8. The molecule has 0 aliphatic heterocycles. The zero-order chi connectivity index (χ0) is 12.7. The zero-order valence-corrected chi connectivity index (χ0v) is 11.9. The zero-order valence-electron chi connectivity index (χ0n) is 11.9. The molecule has 0 aromatic rings. The topological polar surface area (TPSA) is 38.5 Å². The van der Waals surface area contributed by atoms with Crippen molar-refractivity contribution in [2.75, 3.05) is 26.7 Å². The summed E-state index contributed by atoms with van der Waals surface area (Å²) in [5, 5.41) is 0. The molecule has 2 N–H and O–H groups in total. The molecule has 1 fully saturated rings. The standard InChI is InChI=1S/C14H30N2O/c1-4-9-16(10-5-2)14(12-15)8-6-7-13(11-14)17-3/h13H,4-12,15H2,1-3H3. The highest BCUT2D eigenvalue weighted by atomic mass is 16.5. The van der Waals surface area contributed by atoms with Gasteiger partial charge in [0.15, 0.2) is 0 Å². The third-order valence-corrected chi connectivity index (χ3v) is 4.15. The van der Waals surface area contributed by atoms with E-state index >= 15 is 0 Å². The van der Waals surface area contributed by atoms with Crippen LogP contribution >= 0.6 is 0 Å². The van der Waals surface area contributed by atoms with Crippen LogP contribution in [0.3, 0.4) is 0 Å². The third-order valence-electron chi connectivity index (χ3n) is 4.15. The smallest absolute Gasteiger partial charge is 0.0589 e. The van der Waals surface area contributed by atoms with Crippen molar-refractivity contribution in [1.82, 2.24) is 4.90 Å². The van der Waals surface area contributed by atoms with Gasteiger partial charge >= 0.3 is 0 Å². The molecule has 0 bridgehead atoms. The van der Waals surface area contributed by atoms with Gasteiger partial charge in [-0.25, -0.2) is 0 Å². The van der Waals surface area contributed by atoms with E-state index in [4.69, 9.17) is 10.5 Å². The van der Waals surface area contributed by atoms with E-state index in [0.717, 1.165) is 13.0 Å². The molecule has 0 amide bonds. The van der Waals surface area contributed by atoms with E-state index in [9.17, 15) is 0 Å². The Kier molecular flexibility index (Phi) is 6.45. The largest absolute Gasteiger partial charge is 0.381 e. The van der Waals surface area contributed by atoms with Crippen molar-refractivity contribution >= 4 is 0 Å². The van der Waals surface area contributed by atoms with Gasteiger partial charge in [0, 0.05) is 19.2 Å². The van der Waals surface area contributed by atoms with Gasteiger partial charge in [-0.1, -0.05) is 13.8 Å². The summed E-state index contributed by atoms with van der Waals surface area (Å²) in [5.74, 6) is 0. The molecule has 1 aliphatic carbocycles. The molecule has 1 saturated carbocycles. The highest BCUT2D eigenvalue weighted by Gasteiger charge is 2.39. The molecule has 0 heterocycles. The van der Waals surface area contributed by atoms with Crippen LogP contribution in [0.1, 0.15) is 52.4 Å². The Morgan fingerprint density at radius 2 is 1.94 bits per heavy atom. The van der Waals surface area contributed by atoms with E-state index in [1.807, 2.05) is 7.11 Å². The number of hydrogen-bond donors (Lipinski definition) is 1. The molecule has 2 unspecified atom stereocenters. The van der Waals surface area contributed by atoms with Crippen molar-refractivity contribution in [1.29, 1.82) is 0 Å². The van der Waals surface area contributed by atoms with E-state index in [-0.39, 0.29) is 5.54 Å². The average molecular weight is 242 g/mol. The second-order valence-corrected chi connectivity index (χ2v) is 5.37. The minimum Gasteiger partial charge on any atom is -0.381 e. The predicted molar refractivity (Wildman–Crippen MR) is 73.2 cm³/mol. The van der Waals surface area contributed by atoms with E-state index in [2.05, 4.69) is 18.7 Å². The van der Waals surface area contributed by atoms with Crippen LogP contribution in [-0.2, 0) is 4.74 Å². The van der Waals surface area contributed by atoms with Crippen LogP contribution in [0.5, 0.6) is 0 Å². The van der Waals surface area contributed by atoms with E-state index in [0.29, 0.717) is 6.10 Å². The quantitative estimate of drug-likeness (QED) is 0.745. The Morgan fingerprint density at radius 1 is 1.29 bits per heavy atom. The monoisotopic (exact) mass is 242 g/mol. The van der Waals surface area contributed by atoms with Crippen LogP contribution in [0.25, 0.3) is 0 Å². The summed E-state index contributed by atoms with van der Waals surface area (Å²) >= 11 is 0. The first-order valence-corrected chi connectivity index (χ1v) is 7.20. The van der Waals surface area contributed by atoms with Gasteiger partial charge in [-0.15, -0.1) is 0 Å². The van der Waals surface area contributed by atoms with Crippen LogP contribution in [0, 0.1) is 0 Å². The van der Waals surface area contributed by atoms with Crippen molar-refractivity contribution in [3.63, 3.8) is 0 Å². The molecule has 2 atom stereocenters. The second kappa shape index (κ2) is 7.34. The number of nitrogens with zero attached hydrogens (tertiary/aromatic N) is 1.